The highest BCUT2D eigenvalue weighted by Crippen LogP contribution is 2.48. The zero-order chi connectivity index (χ0) is 13.5. The average Bonchev–Trinajstić information content (AvgIpc) is 2.27. The lowest BCUT2D eigenvalue weighted by molar-refractivity contribution is -0.111. The minimum Gasteiger partial charge on any atom is -0.491 e. The van der Waals surface area contributed by atoms with E-state index in [9.17, 15) is 0 Å². The van der Waals surface area contributed by atoms with E-state index in [1.54, 1.807) is 0 Å². The minimum atomic E-state index is 0.215. The predicted molar refractivity (Wildman–Crippen MR) is 75.4 cm³/mol. The molecule has 0 aromatic heterocycles. The Balaban J connectivity index is 1.76. The molecule has 1 heterocycles. The number of benzene rings is 1. The summed E-state index contributed by atoms with van der Waals surface area (Å²) in [6, 6.07) is 8.95. The summed E-state index contributed by atoms with van der Waals surface area (Å²) in [7, 11) is 0. The van der Waals surface area contributed by atoms with Crippen molar-refractivity contribution in [2.24, 2.45) is 11.7 Å². The highest BCUT2D eigenvalue weighted by molar-refractivity contribution is 5.35. The van der Waals surface area contributed by atoms with Crippen LogP contribution in [0.1, 0.15) is 32.3 Å². The van der Waals surface area contributed by atoms with Gasteiger partial charge in [-0.25, -0.2) is 0 Å². The van der Waals surface area contributed by atoms with Crippen molar-refractivity contribution in [2.75, 3.05) is 13.2 Å². The van der Waals surface area contributed by atoms with Gasteiger partial charge in [-0.1, -0.05) is 12.1 Å². The Morgan fingerprint density at radius 3 is 2.26 bits per heavy atom. The van der Waals surface area contributed by atoms with E-state index in [0.717, 1.165) is 31.8 Å². The first-order valence-corrected chi connectivity index (χ1v) is 7.21. The van der Waals surface area contributed by atoms with Crippen molar-refractivity contribution in [2.45, 2.75) is 44.2 Å². The van der Waals surface area contributed by atoms with Crippen molar-refractivity contribution in [3.8, 4) is 5.75 Å². The van der Waals surface area contributed by atoms with Gasteiger partial charge in [0.25, 0.3) is 0 Å². The van der Waals surface area contributed by atoms with E-state index >= 15 is 0 Å². The van der Waals surface area contributed by atoms with Crippen molar-refractivity contribution < 1.29 is 9.47 Å². The number of nitrogens with two attached hydrogens (primary N) is 1. The molecule has 19 heavy (non-hydrogen) atoms. The predicted octanol–water partition coefficient (Wildman–Crippen LogP) is 2.48. The van der Waals surface area contributed by atoms with Crippen LogP contribution in [0.15, 0.2) is 24.3 Å². The summed E-state index contributed by atoms with van der Waals surface area (Å²) >= 11 is 0. The molecule has 2 aliphatic rings. The number of hydrogen-bond acceptors (Lipinski definition) is 3. The molecule has 104 valence electrons. The average molecular weight is 261 g/mol. The summed E-state index contributed by atoms with van der Waals surface area (Å²) < 4.78 is 11.2. The maximum absolute atomic E-state index is 5.94. The Bertz CT molecular complexity index is 431. The van der Waals surface area contributed by atoms with E-state index in [-0.39, 0.29) is 11.5 Å². The van der Waals surface area contributed by atoms with Crippen LogP contribution in [0.2, 0.25) is 0 Å². The van der Waals surface area contributed by atoms with E-state index in [2.05, 4.69) is 24.3 Å². The highest BCUT2D eigenvalue weighted by atomic mass is 16.5. The van der Waals surface area contributed by atoms with E-state index in [1.807, 2.05) is 13.8 Å². The third-order valence-corrected chi connectivity index (χ3v) is 4.48. The summed E-state index contributed by atoms with van der Waals surface area (Å²) in [6.45, 7) is 5.78. The Hall–Kier alpha value is -1.06. The van der Waals surface area contributed by atoms with Gasteiger partial charge in [0, 0.05) is 11.5 Å². The van der Waals surface area contributed by atoms with Crippen LogP contribution in [-0.4, -0.2) is 25.4 Å². The van der Waals surface area contributed by atoms with Gasteiger partial charge in [-0.15, -0.1) is 0 Å². The first-order valence-electron chi connectivity index (χ1n) is 7.21. The normalized spacial score (nSPS) is 28.6. The molecule has 0 spiro atoms. The van der Waals surface area contributed by atoms with E-state index in [4.69, 9.17) is 15.2 Å². The van der Waals surface area contributed by atoms with Crippen LogP contribution in [0.25, 0.3) is 0 Å². The largest absolute Gasteiger partial charge is 0.491 e. The lowest BCUT2D eigenvalue weighted by atomic mass is 9.59. The molecule has 3 heteroatoms. The Kier molecular flexibility index (Phi) is 3.27. The molecule has 3 nitrogen and oxygen atoms in total. The van der Waals surface area contributed by atoms with Gasteiger partial charge in [-0.05, 0) is 50.3 Å². The molecule has 2 fully saturated rings. The Morgan fingerprint density at radius 1 is 1.21 bits per heavy atom. The van der Waals surface area contributed by atoms with Gasteiger partial charge in [0.1, 0.15) is 5.75 Å². The van der Waals surface area contributed by atoms with Crippen molar-refractivity contribution in [1.29, 1.82) is 0 Å². The van der Waals surface area contributed by atoms with Gasteiger partial charge in [-0.2, -0.15) is 0 Å². The second kappa shape index (κ2) is 4.80. The lowest BCUT2D eigenvalue weighted by Gasteiger charge is -2.53. The summed E-state index contributed by atoms with van der Waals surface area (Å²) in [6.07, 6.45) is 2.48. The fraction of sp³-hybridized carbons (Fsp3) is 0.625. The van der Waals surface area contributed by atoms with Crippen molar-refractivity contribution in [3.63, 3.8) is 0 Å². The Labute approximate surface area is 115 Å². The van der Waals surface area contributed by atoms with Crippen molar-refractivity contribution in [1.82, 2.24) is 0 Å². The van der Waals surface area contributed by atoms with Crippen LogP contribution in [0.5, 0.6) is 5.75 Å². The van der Waals surface area contributed by atoms with Crippen LogP contribution in [0, 0.1) is 5.92 Å². The van der Waals surface area contributed by atoms with Gasteiger partial charge in [0.15, 0.2) is 0 Å². The third-order valence-electron chi connectivity index (χ3n) is 4.48. The van der Waals surface area contributed by atoms with Gasteiger partial charge in [0.05, 0.1) is 19.3 Å². The van der Waals surface area contributed by atoms with Crippen molar-refractivity contribution >= 4 is 0 Å². The maximum Gasteiger partial charge on any atom is 0.119 e. The lowest BCUT2D eigenvalue weighted by Crippen LogP contribution is -2.58. The molecule has 0 atom stereocenters. The highest BCUT2D eigenvalue weighted by Gasteiger charge is 2.51. The molecule has 1 aliphatic heterocycles. The van der Waals surface area contributed by atoms with Gasteiger partial charge >= 0.3 is 0 Å². The van der Waals surface area contributed by atoms with Crippen LogP contribution in [0.4, 0.5) is 0 Å². The summed E-state index contributed by atoms with van der Waals surface area (Å²) in [5.74, 6) is 1.63. The fourth-order valence-corrected chi connectivity index (χ4v) is 3.21. The molecule has 1 saturated carbocycles. The van der Waals surface area contributed by atoms with Crippen LogP contribution < -0.4 is 10.5 Å². The zero-order valence-corrected chi connectivity index (χ0v) is 11.8. The Morgan fingerprint density at radius 2 is 1.84 bits per heavy atom. The van der Waals surface area contributed by atoms with Gasteiger partial charge in [-0.3, -0.25) is 0 Å². The monoisotopic (exact) mass is 261 g/mol. The van der Waals surface area contributed by atoms with Crippen molar-refractivity contribution in [3.05, 3.63) is 29.8 Å². The molecular formula is C16H23NO2. The molecule has 1 saturated heterocycles. The first kappa shape index (κ1) is 12.9. The smallest absolute Gasteiger partial charge is 0.119 e. The molecule has 3 rings (SSSR count). The summed E-state index contributed by atoms with van der Waals surface area (Å²) in [4.78, 5) is 0. The summed E-state index contributed by atoms with van der Waals surface area (Å²) in [5, 5.41) is 0. The third kappa shape index (κ3) is 2.26. The number of rotatable bonds is 4. The zero-order valence-electron chi connectivity index (χ0n) is 11.8. The maximum atomic E-state index is 5.94. The molecule has 0 unspecified atom stereocenters. The molecule has 1 aromatic carbocycles. The molecular weight excluding hydrogens is 238 g/mol. The molecule has 1 aromatic rings. The molecule has 0 amide bonds. The fourth-order valence-electron chi connectivity index (χ4n) is 3.21. The molecule has 1 aliphatic carbocycles. The van der Waals surface area contributed by atoms with Gasteiger partial charge < -0.3 is 15.2 Å². The van der Waals surface area contributed by atoms with Gasteiger partial charge in [0.2, 0.25) is 0 Å². The molecule has 0 bridgehead atoms. The minimum absolute atomic E-state index is 0.215. The number of ether oxygens (including phenoxy) is 2. The van der Waals surface area contributed by atoms with E-state index in [0.29, 0.717) is 12.0 Å². The topological polar surface area (TPSA) is 44.5 Å². The molecule has 0 radical (unpaired) electrons. The van der Waals surface area contributed by atoms with Crippen LogP contribution in [-0.2, 0) is 10.2 Å². The van der Waals surface area contributed by atoms with E-state index in [1.165, 1.54) is 5.56 Å². The summed E-state index contributed by atoms with van der Waals surface area (Å²) in [5.41, 5.74) is 7.54. The van der Waals surface area contributed by atoms with Crippen LogP contribution >= 0.6 is 0 Å². The number of hydrogen-bond donors (Lipinski definition) is 1. The second-order valence-corrected chi connectivity index (χ2v) is 6.27. The molecule has 2 N–H and O–H groups in total. The SMILES string of the molecule is CC(C)Oc1ccc(C2(C3CC(N)C3)COC2)cc1. The first-order chi connectivity index (χ1) is 9.10. The quantitative estimate of drug-likeness (QED) is 0.905. The van der Waals surface area contributed by atoms with Crippen LogP contribution in [0.3, 0.4) is 0 Å². The second-order valence-electron chi connectivity index (χ2n) is 6.27. The van der Waals surface area contributed by atoms with E-state index < -0.39 is 0 Å². The standard InChI is InChI=1S/C16H23NO2/c1-11(2)19-15-5-3-12(4-6-15)16(9-18-10-16)13-7-14(17)8-13/h3-6,11,13-14H,7-10,17H2,1-2H3.